The van der Waals surface area contributed by atoms with Gasteiger partial charge in [0.2, 0.25) is 11.8 Å². The van der Waals surface area contributed by atoms with Crippen molar-refractivity contribution in [2.24, 2.45) is 11.8 Å². The van der Waals surface area contributed by atoms with Gasteiger partial charge < -0.3 is 0 Å². The molecular formula is C27H23NO2. The lowest BCUT2D eigenvalue weighted by Gasteiger charge is -2.46. The van der Waals surface area contributed by atoms with Crippen LogP contribution in [0, 0.1) is 11.8 Å². The predicted octanol–water partition coefficient (Wildman–Crippen LogP) is 5.21. The normalized spacial score (nSPS) is 26.0. The molecule has 0 saturated carbocycles. The van der Waals surface area contributed by atoms with Gasteiger partial charge in [-0.25, -0.2) is 4.90 Å². The number of hydrogen-bond acceptors (Lipinski definition) is 2. The molecule has 0 spiro atoms. The number of amides is 2. The van der Waals surface area contributed by atoms with Crippen LogP contribution in [0.1, 0.15) is 59.4 Å². The number of carbonyl (C=O) groups excluding carboxylic acids is 2. The molecule has 1 heterocycles. The van der Waals surface area contributed by atoms with Crippen molar-refractivity contribution in [1.82, 2.24) is 0 Å². The lowest BCUT2D eigenvalue weighted by atomic mass is 9.54. The minimum atomic E-state index is -0.326. The average molecular weight is 393 g/mol. The van der Waals surface area contributed by atoms with E-state index in [-0.39, 0.29) is 35.5 Å². The second-order valence-electron chi connectivity index (χ2n) is 9.03. The summed E-state index contributed by atoms with van der Waals surface area (Å²) in [6, 6.07) is 24.5. The fourth-order valence-corrected chi connectivity index (χ4v) is 5.94. The molecule has 0 radical (unpaired) electrons. The summed E-state index contributed by atoms with van der Waals surface area (Å²) < 4.78 is 0. The van der Waals surface area contributed by atoms with E-state index in [1.807, 2.05) is 36.4 Å². The number of carbonyl (C=O) groups is 2. The Bertz CT molecular complexity index is 1200. The number of anilines is 1. The Morgan fingerprint density at radius 2 is 1.20 bits per heavy atom. The molecule has 0 N–H and O–H groups in total. The molecule has 0 aromatic heterocycles. The zero-order valence-corrected chi connectivity index (χ0v) is 17.1. The molecule has 4 unspecified atom stereocenters. The van der Waals surface area contributed by atoms with Crippen LogP contribution < -0.4 is 4.90 Å². The molecule has 148 valence electrons. The molecule has 1 fully saturated rings. The molecule has 3 heteroatoms. The van der Waals surface area contributed by atoms with Gasteiger partial charge in [-0.2, -0.15) is 0 Å². The van der Waals surface area contributed by atoms with E-state index in [1.165, 1.54) is 32.7 Å². The second kappa shape index (κ2) is 6.15. The Labute approximate surface area is 176 Å². The van der Waals surface area contributed by atoms with Crippen LogP contribution in [-0.4, -0.2) is 11.8 Å². The third kappa shape index (κ3) is 2.15. The van der Waals surface area contributed by atoms with E-state index in [0.29, 0.717) is 11.6 Å². The fraction of sp³-hybridized carbons (Fsp3) is 0.259. The quantitative estimate of drug-likeness (QED) is 0.561. The molecule has 4 atom stereocenters. The zero-order valence-electron chi connectivity index (χ0n) is 17.1. The summed E-state index contributed by atoms with van der Waals surface area (Å²) in [7, 11) is 0. The monoisotopic (exact) mass is 393 g/mol. The molecule has 30 heavy (non-hydrogen) atoms. The van der Waals surface area contributed by atoms with Gasteiger partial charge in [0.1, 0.15) is 0 Å². The second-order valence-corrected chi connectivity index (χ2v) is 9.03. The summed E-state index contributed by atoms with van der Waals surface area (Å²) in [5.74, 6) is -0.459. The molecule has 1 saturated heterocycles. The van der Waals surface area contributed by atoms with E-state index >= 15 is 0 Å². The van der Waals surface area contributed by atoms with E-state index in [2.05, 4.69) is 50.2 Å². The summed E-state index contributed by atoms with van der Waals surface area (Å²) in [5.41, 5.74) is 6.85. The van der Waals surface area contributed by atoms with Crippen LogP contribution in [0.3, 0.4) is 0 Å². The minimum absolute atomic E-state index is 0.0543. The summed E-state index contributed by atoms with van der Waals surface area (Å²) in [4.78, 5) is 28.8. The van der Waals surface area contributed by atoms with Crippen LogP contribution >= 0.6 is 0 Å². The molecule has 3 aromatic carbocycles. The maximum Gasteiger partial charge on any atom is 0.238 e. The van der Waals surface area contributed by atoms with Gasteiger partial charge in [0.15, 0.2) is 0 Å². The molecular weight excluding hydrogens is 370 g/mol. The summed E-state index contributed by atoms with van der Waals surface area (Å²) in [6.07, 6.45) is 0. The fourth-order valence-electron chi connectivity index (χ4n) is 5.94. The summed E-state index contributed by atoms with van der Waals surface area (Å²) in [6.45, 7) is 4.39. The van der Waals surface area contributed by atoms with Gasteiger partial charge in [-0.3, -0.25) is 9.59 Å². The predicted molar refractivity (Wildman–Crippen MR) is 117 cm³/mol. The van der Waals surface area contributed by atoms with Gasteiger partial charge in [0.25, 0.3) is 0 Å². The lowest BCUT2D eigenvalue weighted by molar-refractivity contribution is -0.122. The van der Waals surface area contributed by atoms with Crippen LogP contribution in [0.2, 0.25) is 0 Å². The highest BCUT2D eigenvalue weighted by atomic mass is 16.2. The van der Waals surface area contributed by atoms with Crippen LogP contribution in [0.4, 0.5) is 5.69 Å². The van der Waals surface area contributed by atoms with E-state index in [1.54, 1.807) is 0 Å². The molecule has 3 nitrogen and oxygen atoms in total. The molecule has 3 aromatic rings. The van der Waals surface area contributed by atoms with E-state index in [4.69, 9.17) is 0 Å². The number of hydrogen-bond donors (Lipinski definition) is 0. The first-order valence-electron chi connectivity index (χ1n) is 10.7. The van der Waals surface area contributed by atoms with E-state index in [9.17, 15) is 9.59 Å². The maximum absolute atomic E-state index is 13.7. The summed E-state index contributed by atoms with van der Waals surface area (Å²) >= 11 is 0. The van der Waals surface area contributed by atoms with Crippen molar-refractivity contribution < 1.29 is 9.59 Å². The van der Waals surface area contributed by atoms with E-state index in [0.717, 1.165) is 0 Å². The molecule has 3 aliphatic carbocycles. The van der Waals surface area contributed by atoms with Crippen molar-refractivity contribution in [3.8, 4) is 0 Å². The number of nitrogens with zero attached hydrogens (tertiary/aromatic N) is 1. The number of rotatable bonds is 2. The SMILES string of the molecule is CC(C)c1ccc2c(c1)C1c3ccccc3C2C2C(=O)N(c3ccccc3)C(=O)C12. The van der Waals surface area contributed by atoms with Gasteiger partial charge in [-0.1, -0.05) is 74.5 Å². The highest BCUT2D eigenvalue weighted by Gasteiger charge is 2.61. The van der Waals surface area contributed by atoms with Gasteiger partial charge in [-0.05, 0) is 45.9 Å². The standard InChI is InChI=1S/C27H23NO2/c1-15(2)16-12-13-20-21(14-16)23-19-11-7-6-10-18(19)22(20)24-25(23)27(30)28(26(24)29)17-8-4-3-5-9-17/h3-15,22-25H,1-2H3. The van der Waals surface area contributed by atoms with Crippen molar-refractivity contribution in [3.05, 3.63) is 101 Å². The number of para-hydroxylation sites is 1. The van der Waals surface area contributed by atoms with Crippen LogP contribution in [-0.2, 0) is 9.59 Å². The topological polar surface area (TPSA) is 37.4 Å². The molecule has 1 aliphatic heterocycles. The van der Waals surface area contributed by atoms with Gasteiger partial charge in [-0.15, -0.1) is 0 Å². The molecule has 7 rings (SSSR count). The van der Waals surface area contributed by atoms with Crippen molar-refractivity contribution >= 4 is 17.5 Å². The Kier molecular flexibility index (Phi) is 3.62. The molecule has 2 bridgehead atoms. The van der Waals surface area contributed by atoms with Crippen molar-refractivity contribution in [2.45, 2.75) is 31.6 Å². The summed E-state index contributed by atoms with van der Waals surface area (Å²) in [5, 5.41) is 0. The Balaban J connectivity index is 1.58. The molecule has 2 amide bonds. The first-order chi connectivity index (χ1) is 14.6. The van der Waals surface area contributed by atoms with Gasteiger partial charge >= 0.3 is 0 Å². The maximum atomic E-state index is 13.7. The Morgan fingerprint density at radius 1 is 0.667 bits per heavy atom. The highest BCUT2D eigenvalue weighted by Crippen LogP contribution is 2.61. The smallest absolute Gasteiger partial charge is 0.238 e. The minimum Gasteiger partial charge on any atom is -0.274 e. The highest BCUT2D eigenvalue weighted by molar-refractivity contribution is 6.23. The lowest BCUT2D eigenvalue weighted by Crippen LogP contribution is -2.41. The zero-order chi connectivity index (χ0) is 20.6. The Morgan fingerprint density at radius 3 is 1.80 bits per heavy atom. The molecule has 4 aliphatic rings. The third-order valence-electron chi connectivity index (χ3n) is 7.24. The van der Waals surface area contributed by atoms with Gasteiger partial charge in [0.05, 0.1) is 17.5 Å². The van der Waals surface area contributed by atoms with Crippen molar-refractivity contribution in [2.75, 3.05) is 4.90 Å². The number of imide groups is 1. The first kappa shape index (κ1) is 17.6. The average Bonchev–Trinajstić information content (AvgIpc) is 3.04. The first-order valence-corrected chi connectivity index (χ1v) is 10.7. The van der Waals surface area contributed by atoms with Crippen LogP contribution in [0.5, 0.6) is 0 Å². The van der Waals surface area contributed by atoms with Crippen molar-refractivity contribution in [3.63, 3.8) is 0 Å². The largest absolute Gasteiger partial charge is 0.274 e. The van der Waals surface area contributed by atoms with Crippen LogP contribution in [0.25, 0.3) is 0 Å². The third-order valence-corrected chi connectivity index (χ3v) is 7.24. The number of benzene rings is 3. The van der Waals surface area contributed by atoms with Crippen LogP contribution in [0.15, 0.2) is 72.8 Å². The Hall–Kier alpha value is -3.20. The van der Waals surface area contributed by atoms with E-state index < -0.39 is 0 Å². The van der Waals surface area contributed by atoms with Gasteiger partial charge in [0, 0.05) is 11.8 Å². The van der Waals surface area contributed by atoms with Crippen molar-refractivity contribution in [1.29, 1.82) is 0 Å².